The van der Waals surface area contributed by atoms with E-state index in [1.807, 2.05) is 40.8 Å². The number of nitriles is 1. The van der Waals surface area contributed by atoms with Crippen LogP contribution in [0.3, 0.4) is 0 Å². The Morgan fingerprint density at radius 2 is 2.25 bits per heavy atom. The van der Waals surface area contributed by atoms with Gasteiger partial charge in [-0.15, -0.1) is 0 Å². The first-order valence-electron chi connectivity index (χ1n) is 7.01. The SMILES string of the molecule is CCN(C(=O)Cn1ccc2cc(C#N)ccc21)C1CC1. The summed E-state index contributed by atoms with van der Waals surface area (Å²) in [7, 11) is 0. The van der Waals surface area contributed by atoms with Gasteiger partial charge in [-0.3, -0.25) is 4.79 Å². The lowest BCUT2D eigenvalue weighted by Crippen LogP contribution is -2.35. The highest BCUT2D eigenvalue weighted by atomic mass is 16.2. The highest BCUT2D eigenvalue weighted by molar-refractivity contribution is 5.84. The van der Waals surface area contributed by atoms with Crippen LogP contribution in [-0.2, 0) is 11.3 Å². The van der Waals surface area contributed by atoms with Crippen LogP contribution in [0.15, 0.2) is 30.5 Å². The van der Waals surface area contributed by atoms with Crippen LogP contribution >= 0.6 is 0 Å². The van der Waals surface area contributed by atoms with Gasteiger partial charge in [0, 0.05) is 29.7 Å². The lowest BCUT2D eigenvalue weighted by Gasteiger charge is -2.20. The molecule has 102 valence electrons. The number of carbonyl (C=O) groups excluding carboxylic acids is 1. The van der Waals surface area contributed by atoms with Crippen molar-refractivity contribution in [1.82, 2.24) is 9.47 Å². The summed E-state index contributed by atoms with van der Waals surface area (Å²) in [6.45, 7) is 3.18. The normalized spacial score (nSPS) is 14.2. The summed E-state index contributed by atoms with van der Waals surface area (Å²) in [5.41, 5.74) is 1.65. The lowest BCUT2D eigenvalue weighted by molar-refractivity contribution is -0.132. The summed E-state index contributed by atoms with van der Waals surface area (Å²) in [5, 5.41) is 9.91. The fraction of sp³-hybridized carbons (Fsp3) is 0.375. The average molecular weight is 267 g/mol. The number of benzene rings is 1. The van der Waals surface area contributed by atoms with Gasteiger partial charge in [-0.25, -0.2) is 0 Å². The van der Waals surface area contributed by atoms with E-state index in [0.717, 1.165) is 30.3 Å². The number of aromatic nitrogens is 1. The maximum atomic E-state index is 12.3. The molecule has 1 saturated carbocycles. The minimum Gasteiger partial charge on any atom is -0.338 e. The molecule has 1 heterocycles. The lowest BCUT2D eigenvalue weighted by atomic mass is 10.2. The fourth-order valence-electron chi connectivity index (χ4n) is 2.67. The van der Waals surface area contributed by atoms with Crippen molar-refractivity contribution in [2.45, 2.75) is 32.4 Å². The largest absolute Gasteiger partial charge is 0.338 e. The minimum absolute atomic E-state index is 0.178. The third-order valence-corrected chi connectivity index (χ3v) is 3.85. The molecule has 3 rings (SSSR count). The van der Waals surface area contributed by atoms with Gasteiger partial charge in [-0.2, -0.15) is 5.26 Å². The molecule has 4 nitrogen and oxygen atoms in total. The summed E-state index contributed by atoms with van der Waals surface area (Å²) in [6, 6.07) is 10.1. The molecule has 0 radical (unpaired) electrons. The molecule has 2 aromatic rings. The smallest absolute Gasteiger partial charge is 0.242 e. The highest BCUT2D eigenvalue weighted by Gasteiger charge is 2.31. The maximum Gasteiger partial charge on any atom is 0.242 e. The predicted octanol–water partition coefficient (Wildman–Crippen LogP) is 2.52. The number of rotatable bonds is 4. The molecule has 1 amide bonds. The van der Waals surface area contributed by atoms with Crippen LogP contribution in [0.4, 0.5) is 0 Å². The Labute approximate surface area is 118 Å². The van der Waals surface area contributed by atoms with E-state index in [1.165, 1.54) is 0 Å². The molecule has 1 aliphatic carbocycles. The van der Waals surface area contributed by atoms with Gasteiger partial charge < -0.3 is 9.47 Å². The van der Waals surface area contributed by atoms with E-state index in [0.29, 0.717) is 18.2 Å². The number of nitrogens with zero attached hydrogens (tertiary/aromatic N) is 3. The number of likely N-dealkylation sites (N-methyl/N-ethyl adjacent to an activating group) is 1. The number of hydrogen-bond acceptors (Lipinski definition) is 2. The molecule has 0 unspecified atom stereocenters. The molecule has 1 aliphatic rings. The van der Waals surface area contributed by atoms with Gasteiger partial charge in [0.25, 0.3) is 0 Å². The van der Waals surface area contributed by atoms with Crippen LogP contribution < -0.4 is 0 Å². The molecule has 0 atom stereocenters. The zero-order valence-electron chi connectivity index (χ0n) is 11.5. The van der Waals surface area contributed by atoms with Gasteiger partial charge in [0.1, 0.15) is 6.54 Å². The van der Waals surface area contributed by atoms with Crippen molar-refractivity contribution in [1.29, 1.82) is 5.26 Å². The summed E-state index contributed by atoms with van der Waals surface area (Å²) < 4.78 is 1.96. The van der Waals surface area contributed by atoms with Crippen molar-refractivity contribution < 1.29 is 4.79 Å². The first-order valence-corrected chi connectivity index (χ1v) is 7.01. The number of carbonyl (C=O) groups is 1. The van der Waals surface area contributed by atoms with Crippen LogP contribution in [0.25, 0.3) is 10.9 Å². The maximum absolute atomic E-state index is 12.3. The van der Waals surface area contributed by atoms with Crippen molar-refractivity contribution >= 4 is 16.8 Å². The van der Waals surface area contributed by atoms with Crippen LogP contribution in [0, 0.1) is 11.3 Å². The molecule has 0 N–H and O–H groups in total. The number of amides is 1. The Balaban J connectivity index is 1.84. The summed E-state index contributed by atoms with van der Waals surface area (Å²) in [5.74, 6) is 0.178. The van der Waals surface area contributed by atoms with Crippen LogP contribution in [0.5, 0.6) is 0 Å². The molecular weight excluding hydrogens is 250 g/mol. The predicted molar refractivity (Wildman–Crippen MR) is 77.1 cm³/mol. The van der Waals surface area contributed by atoms with Crippen molar-refractivity contribution in [3.8, 4) is 6.07 Å². The van der Waals surface area contributed by atoms with Crippen LogP contribution in [-0.4, -0.2) is 28.0 Å². The van der Waals surface area contributed by atoms with Gasteiger partial charge in [-0.05, 0) is 44.0 Å². The number of hydrogen-bond donors (Lipinski definition) is 0. The molecule has 1 aromatic heterocycles. The molecule has 0 spiro atoms. The van der Waals surface area contributed by atoms with Gasteiger partial charge in [-0.1, -0.05) is 0 Å². The van der Waals surface area contributed by atoms with Crippen LogP contribution in [0.1, 0.15) is 25.3 Å². The Hall–Kier alpha value is -2.28. The molecule has 1 fully saturated rings. The van der Waals surface area contributed by atoms with Crippen LogP contribution in [0.2, 0.25) is 0 Å². The second-order valence-corrected chi connectivity index (χ2v) is 5.24. The Morgan fingerprint density at radius 3 is 2.90 bits per heavy atom. The van der Waals surface area contributed by atoms with Gasteiger partial charge in [0.05, 0.1) is 11.6 Å². The van der Waals surface area contributed by atoms with E-state index in [-0.39, 0.29) is 5.91 Å². The highest BCUT2D eigenvalue weighted by Crippen LogP contribution is 2.27. The number of fused-ring (bicyclic) bond motifs is 1. The fourth-order valence-corrected chi connectivity index (χ4v) is 2.67. The minimum atomic E-state index is 0.178. The molecule has 0 saturated heterocycles. The second kappa shape index (κ2) is 5.01. The molecule has 1 aromatic carbocycles. The van der Waals surface area contributed by atoms with E-state index in [2.05, 4.69) is 6.07 Å². The summed E-state index contributed by atoms with van der Waals surface area (Å²) in [6.07, 6.45) is 4.19. The van der Waals surface area contributed by atoms with Crippen molar-refractivity contribution in [2.75, 3.05) is 6.54 Å². The zero-order valence-corrected chi connectivity index (χ0v) is 11.5. The topological polar surface area (TPSA) is 49.0 Å². The Kier molecular flexibility index (Phi) is 3.19. The van der Waals surface area contributed by atoms with Gasteiger partial charge in [0.15, 0.2) is 0 Å². The first-order chi connectivity index (χ1) is 9.72. The average Bonchev–Trinajstić information content (AvgIpc) is 3.21. The third kappa shape index (κ3) is 2.27. The molecule has 20 heavy (non-hydrogen) atoms. The second-order valence-electron chi connectivity index (χ2n) is 5.24. The quantitative estimate of drug-likeness (QED) is 0.854. The van der Waals surface area contributed by atoms with Gasteiger partial charge >= 0.3 is 0 Å². The van der Waals surface area contributed by atoms with E-state index in [9.17, 15) is 4.79 Å². The standard InChI is InChI=1S/C16H17N3O/c1-2-19(14-4-5-14)16(20)11-18-8-7-13-9-12(10-17)3-6-15(13)18/h3,6-9,14H,2,4-5,11H2,1H3. The van der Waals surface area contributed by atoms with Crippen molar-refractivity contribution in [3.63, 3.8) is 0 Å². The molecule has 0 aliphatic heterocycles. The van der Waals surface area contributed by atoms with E-state index < -0.39 is 0 Å². The van der Waals surface area contributed by atoms with E-state index in [4.69, 9.17) is 5.26 Å². The summed E-state index contributed by atoms with van der Waals surface area (Å²) in [4.78, 5) is 14.3. The van der Waals surface area contributed by atoms with Gasteiger partial charge in [0.2, 0.25) is 5.91 Å². The zero-order chi connectivity index (χ0) is 14.1. The Bertz CT molecular complexity index is 691. The van der Waals surface area contributed by atoms with Crippen molar-refractivity contribution in [3.05, 3.63) is 36.0 Å². The third-order valence-electron chi connectivity index (χ3n) is 3.85. The first kappa shape index (κ1) is 12.7. The van der Waals surface area contributed by atoms with E-state index >= 15 is 0 Å². The summed E-state index contributed by atoms with van der Waals surface area (Å²) >= 11 is 0. The molecule has 0 bridgehead atoms. The Morgan fingerprint density at radius 1 is 1.45 bits per heavy atom. The molecule has 4 heteroatoms. The van der Waals surface area contributed by atoms with Crippen molar-refractivity contribution in [2.24, 2.45) is 0 Å². The molecular formula is C16H17N3O. The van der Waals surface area contributed by atoms with E-state index in [1.54, 1.807) is 6.07 Å². The monoisotopic (exact) mass is 267 g/mol.